The van der Waals surface area contributed by atoms with Crippen molar-refractivity contribution >= 4 is 23.1 Å². The molecule has 4 heterocycles. The third kappa shape index (κ3) is 5.03. The van der Waals surface area contributed by atoms with Gasteiger partial charge in [0.2, 0.25) is 0 Å². The molecule has 182 valence electrons. The second-order valence-electron chi connectivity index (χ2n) is 9.57. The molecule has 0 radical (unpaired) electrons. The predicted octanol–water partition coefficient (Wildman–Crippen LogP) is 0.497. The molecule has 12 nitrogen and oxygen atoms in total. The van der Waals surface area contributed by atoms with Crippen LogP contribution in [0.25, 0.3) is 11.2 Å². The molecule has 1 amide bonds. The van der Waals surface area contributed by atoms with E-state index in [0.29, 0.717) is 42.5 Å². The van der Waals surface area contributed by atoms with Gasteiger partial charge in [-0.3, -0.25) is 4.57 Å². The van der Waals surface area contributed by atoms with Gasteiger partial charge in [-0.1, -0.05) is 0 Å². The quantitative estimate of drug-likeness (QED) is 0.491. The summed E-state index contributed by atoms with van der Waals surface area (Å²) >= 11 is 0. The number of nitrogens with one attached hydrogen (secondary N) is 1. The van der Waals surface area contributed by atoms with Crippen molar-refractivity contribution in [3.05, 3.63) is 12.7 Å². The molecular formula is C21H32N6O6. The molecule has 2 saturated heterocycles. The number of carbonyl (C=O) groups excluding carboxylic acids is 1. The maximum Gasteiger partial charge on any atom is 0.410 e. The minimum Gasteiger partial charge on any atom is -0.444 e. The number of fused-ring (bicyclic) bond motifs is 1. The van der Waals surface area contributed by atoms with E-state index in [9.17, 15) is 20.1 Å². The number of ether oxygens (including phenoxy) is 2. The molecule has 0 unspecified atom stereocenters. The number of hydrogen-bond donors (Lipinski definition) is 4. The monoisotopic (exact) mass is 464 g/mol. The van der Waals surface area contributed by atoms with Gasteiger partial charge in [0.15, 0.2) is 23.2 Å². The minimum absolute atomic E-state index is 0.276. The molecule has 2 aromatic rings. The number of imidazole rings is 1. The maximum atomic E-state index is 12.2. The Bertz CT molecular complexity index is 970. The highest BCUT2D eigenvalue weighted by molar-refractivity contribution is 5.82. The van der Waals surface area contributed by atoms with Gasteiger partial charge in [-0.05, 0) is 39.5 Å². The molecule has 0 aliphatic carbocycles. The molecule has 4 rings (SSSR count). The van der Waals surface area contributed by atoms with Gasteiger partial charge >= 0.3 is 6.09 Å². The third-order valence-corrected chi connectivity index (χ3v) is 5.97. The summed E-state index contributed by atoms with van der Waals surface area (Å²) < 4.78 is 12.6. The first-order chi connectivity index (χ1) is 15.7. The van der Waals surface area contributed by atoms with Crippen molar-refractivity contribution in [3.8, 4) is 0 Å². The largest absolute Gasteiger partial charge is 0.444 e. The van der Waals surface area contributed by atoms with E-state index in [2.05, 4.69) is 20.3 Å². The van der Waals surface area contributed by atoms with Gasteiger partial charge < -0.3 is 35.0 Å². The minimum atomic E-state index is -1.22. The van der Waals surface area contributed by atoms with Crippen molar-refractivity contribution in [1.82, 2.24) is 24.4 Å². The highest BCUT2D eigenvalue weighted by Crippen LogP contribution is 2.32. The van der Waals surface area contributed by atoms with Crippen LogP contribution in [0.3, 0.4) is 0 Å². The fraction of sp³-hybridized carbons (Fsp3) is 0.714. The Morgan fingerprint density at radius 3 is 2.58 bits per heavy atom. The third-order valence-electron chi connectivity index (χ3n) is 5.97. The summed E-state index contributed by atoms with van der Waals surface area (Å²) in [5.41, 5.74) is 0.456. The molecule has 0 spiro atoms. The number of piperidine rings is 1. The standard InChI is InChI=1S/C21H32N6O6/c1-21(2,3)33-20(31)26-6-4-12(5-7-26)8-22-17-14-18(24-10-23-17)27(11-25-14)19-16(30)15(29)13(9-28)32-19/h10-13,15-16,19,28-30H,4-9H2,1-3H3,(H,22,23,24)/t13-,15-,16-,19-/m1/s1. The summed E-state index contributed by atoms with van der Waals surface area (Å²) in [4.78, 5) is 26.9. The van der Waals surface area contributed by atoms with Crippen LogP contribution in [0.4, 0.5) is 10.6 Å². The lowest BCUT2D eigenvalue weighted by Crippen LogP contribution is -2.42. The number of aliphatic hydroxyl groups is 3. The number of aliphatic hydroxyl groups excluding tert-OH is 3. The van der Waals surface area contributed by atoms with Crippen molar-refractivity contribution in [2.75, 3.05) is 31.6 Å². The molecule has 2 aliphatic heterocycles. The predicted molar refractivity (Wildman–Crippen MR) is 117 cm³/mol. The number of amides is 1. The average molecular weight is 465 g/mol. The highest BCUT2D eigenvalue weighted by atomic mass is 16.6. The van der Waals surface area contributed by atoms with E-state index in [4.69, 9.17) is 9.47 Å². The van der Waals surface area contributed by atoms with Gasteiger partial charge in [-0.25, -0.2) is 19.7 Å². The second kappa shape index (κ2) is 9.37. The molecule has 0 saturated carbocycles. The van der Waals surface area contributed by atoms with Crippen LogP contribution in [0, 0.1) is 5.92 Å². The molecular weight excluding hydrogens is 432 g/mol. The second-order valence-corrected chi connectivity index (χ2v) is 9.57. The SMILES string of the molecule is CC(C)(C)OC(=O)N1CCC(CNc2ncnc3c2ncn3[C@@H]2O[C@H](CO)[C@@H](O)[C@H]2O)CC1. The Kier molecular flexibility index (Phi) is 6.71. The summed E-state index contributed by atoms with van der Waals surface area (Å²) in [7, 11) is 0. The molecule has 2 aliphatic rings. The van der Waals surface area contributed by atoms with Crippen LogP contribution < -0.4 is 5.32 Å². The first-order valence-corrected chi connectivity index (χ1v) is 11.2. The normalized spacial score (nSPS) is 26.7. The van der Waals surface area contributed by atoms with Crippen molar-refractivity contribution < 1.29 is 29.6 Å². The zero-order chi connectivity index (χ0) is 23.8. The number of anilines is 1. The van der Waals surface area contributed by atoms with E-state index in [1.165, 1.54) is 17.2 Å². The van der Waals surface area contributed by atoms with Gasteiger partial charge in [0.1, 0.15) is 30.2 Å². The number of rotatable bonds is 5. The van der Waals surface area contributed by atoms with E-state index in [-0.39, 0.29) is 6.09 Å². The molecule has 0 aromatic carbocycles. The van der Waals surface area contributed by atoms with Crippen molar-refractivity contribution in [1.29, 1.82) is 0 Å². The van der Waals surface area contributed by atoms with E-state index in [1.54, 1.807) is 4.90 Å². The lowest BCUT2D eigenvalue weighted by Gasteiger charge is -2.33. The molecule has 12 heteroatoms. The lowest BCUT2D eigenvalue weighted by molar-refractivity contribution is -0.0511. The maximum absolute atomic E-state index is 12.2. The molecule has 0 bridgehead atoms. The fourth-order valence-electron chi connectivity index (χ4n) is 4.16. The Morgan fingerprint density at radius 1 is 1.21 bits per heavy atom. The van der Waals surface area contributed by atoms with Crippen LogP contribution in [0.2, 0.25) is 0 Å². The molecule has 2 fully saturated rings. The van der Waals surface area contributed by atoms with E-state index in [1.807, 2.05) is 20.8 Å². The van der Waals surface area contributed by atoms with E-state index in [0.717, 1.165) is 12.8 Å². The summed E-state index contributed by atoms with van der Waals surface area (Å²) in [6.45, 7) is 7.11. The average Bonchev–Trinajstić information content (AvgIpc) is 3.32. The van der Waals surface area contributed by atoms with Crippen LogP contribution >= 0.6 is 0 Å². The number of aromatic nitrogens is 4. The van der Waals surface area contributed by atoms with Gasteiger partial charge in [0, 0.05) is 19.6 Å². The Labute approximate surface area is 191 Å². The highest BCUT2D eigenvalue weighted by Gasteiger charge is 2.44. The summed E-state index contributed by atoms with van der Waals surface area (Å²) in [5, 5.41) is 33.0. The number of carbonyl (C=O) groups is 1. The Balaban J connectivity index is 1.37. The van der Waals surface area contributed by atoms with Crippen LogP contribution in [0.1, 0.15) is 39.8 Å². The first-order valence-electron chi connectivity index (χ1n) is 11.2. The van der Waals surface area contributed by atoms with Crippen molar-refractivity contribution in [2.24, 2.45) is 5.92 Å². The number of nitrogens with zero attached hydrogens (tertiary/aromatic N) is 5. The number of likely N-dealkylation sites (tertiary alicyclic amines) is 1. The lowest BCUT2D eigenvalue weighted by atomic mass is 9.97. The van der Waals surface area contributed by atoms with Gasteiger partial charge in [0.05, 0.1) is 12.9 Å². The molecule has 33 heavy (non-hydrogen) atoms. The molecule has 4 N–H and O–H groups in total. The van der Waals surface area contributed by atoms with Crippen molar-refractivity contribution in [2.45, 2.75) is 63.8 Å². The summed E-state index contributed by atoms with van der Waals surface area (Å²) in [6.07, 6.45) is 0.0656. The van der Waals surface area contributed by atoms with Gasteiger partial charge in [-0.2, -0.15) is 0 Å². The van der Waals surface area contributed by atoms with Crippen LogP contribution in [-0.2, 0) is 9.47 Å². The van der Waals surface area contributed by atoms with E-state index < -0.39 is 36.7 Å². The zero-order valence-corrected chi connectivity index (χ0v) is 19.1. The Morgan fingerprint density at radius 2 is 1.94 bits per heavy atom. The van der Waals surface area contributed by atoms with Crippen LogP contribution in [-0.4, -0.2) is 96.0 Å². The zero-order valence-electron chi connectivity index (χ0n) is 19.1. The Hall–Kier alpha value is -2.54. The smallest absolute Gasteiger partial charge is 0.410 e. The van der Waals surface area contributed by atoms with Crippen LogP contribution in [0.5, 0.6) is 0 Å². The number of hydrogen-bond acceptors (Lipinski definition) is 10. The summed E-state index contributed by atoms with van der Waals surface area (Å²) in [6, 6.07) is 0. The fourth-order valence-corrected chi connectivity index (χ4v) is 4.16. The topological polar surface area (TPSA) is 155 Å². The molecule has 4 atom stereocenters. The van der Waals surface area contributed by atoms with Gasteiger partial charge in [0.25, 0.3) is 0 Å². The van der Waals surface area contributed by atoms with E-state index >= 15 is 0 Å². The van der Waals surface area contributed by atoms with Gasteiger partial charge in [-0.15, -0.1) is 0 Å². The summed E-state index contributed by atoms with van der Waals surface area (Å²) in [5.74, 6) is 0.913. The van der Waals surface area contributed by atoms with Crippen molar-refractivity contribution in [3.63, 3.8) is 0 Å². The molecule has 2 aromatic heterocycles. The first kappa shape index (κ1) is 23.6. The van der Waals surface area contributed by atoms with Crippen LogP contribution in [0.15, 0.2) is 12.7 Å².